The predicted molar refractivity (Wildman–Crippen MR) is 106 cm³/mol. The van der Waals surface area contributed by atoms with Crippen LogP contribution in [0, 0.1) is 0 Å². The van der Waals surface area contributed by atoms with Crippen LogP contribution < -0.4 is 9.47 Å². The molecule has 6 heteroatoms. The molecule has 3 rings (SSSR count). The third-order valence-corrected chi connectivity index (χ3v) is 6.44. The van der Waals surface area contributed by atoms with Crippen LogP contribution in [0.25, 0.3) is 0 Å². The molecular weight excluding hydrogens is 348 g/mol. The lowest BCUT2D eigenvalue weighted by Gasteiger charge is -2.41. The van der Waals surface area contributed by atoms with Crippen molar-refractivity contribution < 1.29 is 14.6 Å². The highest BCUT2D eigenvalue weighted by atomic mass is 32.2. The van der Waals surface area contributed by atoms with E-state index in [9.17, 15) is 5.11 Å². The summed E-state index contributed by atoms with van der Waals surface area (Å²) in [5.74, 6) is 1.86. The first-order chi connectivity index (χ1) is 12.6. The van der Waals surface area contributed by atoms with E-state index in [4.69, 9.17) is 9.47 Å². The number of rotatable bonds is 6. The third-order valence-electron chi connectivity index (χ3n) is 5.68. The zero-order valence-electron chi connectivity index (χ0n) is 16.2. The Morgan fingerprint density at radius 3 is 2.42 bits per heavy atom. The zero-order valence-corrected chi connectivity index (χ0v) is 17.1. The number of β-amino-alcohol motifs (C(OH)–C–C–N with tert-alkyl or cyclic N) is 1. The second-order valence-corrected chi connectivity index (χ2v) is 8.17. The number of hydrogen-bond acceptors (Lipinski definition) is 6. The summed E-state index contributed by atoms with van der Waals surface area (Å²) in [7, 11) is 3.47. The van der Waals surface area contributed by atoms with E-state index in [-0.39, 0.29) is 6.10 Å². The Hall–Kier alpha value is -0.950. The summed E-state index contributed by atoms with van der Waals surface area (Å²) < 4.78 is 11.2. The van der Waals surface area contributed by atoms with Gasteiger partial charge in [-0.25, -0.2) is 0 Å². The number of thioether (sulfide) groups is 1. The largest absolute Gasteiger partial charge is 0.496 e. The van der Waals surface area contributed by atoms with Gasteiger partial charge in [0.15, 0.2) is 0 Å². The lowest BCUT2D eigenvalue weighted by atomic mass is 9.98. The summed E-state index contributed by atoms with van der Waals surface area (Å²) in [6.07, 6.45) is 6.36. The molecule has 0 saturated carbocycles. The summed E-state index contributed by atoms with van der Waals surface area (Å²) in [4.78, 5) is 6.12. The number of methoxy groups -OCH3 is 2. The van der Waals surface area contributed by atoms with Gasteiger partial charge in [-0.15, -0.1) is 11.8 Å². The fraction of sp³-hybridized carbons (Fsp3) is 0.700. The van der Waals surface area contributed by atoms with E-state index in [1.165, 1.54) is 18.4 Å². The Labute approximate surface area is 161 Å². The van der Waals surface area contributed by atoms with E-state index in [1.807, 2.05) is 0 Å². The first-order valence-electron chi connectivity index (χ1n) is 9.58. The molecule has 0 radical (unpaired) electrons. The first-order valence-corrected chi connectivity index (χ1v) is 10.8. The molecule has 2 saturated heterocycles. The highest BCUT2D eigenvalue weighted by Gasteiger charge is 2.28. The number of piperidine rings is 2. The van der Waals surface area contributed by atoms with Crippen LogP contribution in [0.3, 0.4) is 0 Å². The summed E-state index contributed by atoms with van der Waals surface area (Å²) in [6.45, 7) is 5.07. The number of benzene rings is 1. The van der Waals surface area contributed by atoms with Crippen molar-refractivity contribution in [2.75, 3.05) is 46.7 Å². The van der Waals surface area contributed by atoms with E-state index in [0.717, 1.165) is 62.0 Å². The third kappa shape index (κ3) is 4.66. The molecule has 0 amide bonds. The molecular formula is C20H32N2O3S. The summed E-state index contributed by atoms with van der Waals surface area (Å²) >= 11 is 1.68. The first kappa shape index (κ1) is 19.8. The highest BCUT2D eigenvalue weighted by molar-refractivity contribution is 7.98. The van der Waals surface area contributed by atoms with E-state index in [2.05, 4.69) is 28.2 Å². The molecule has 0 bridgehead atoms. The van der Waals surface area contributed by atoms with Crippen molar-refractivity contribution in [1.82, 2.24) is 9.80 Å². The summed E-state index contributed by atoms with van der Waals surface area (Å²) in [5, 5.41) is 9.93. The van der Waals surface area contributed by atoms with Crippen molar-refractivity contribution in [2.24, 2.45) is 0 Å². The fourth-order valence-corrected chi connectivity index (χ4v) is 4.78. The minimum absolute atomic E-state index is 0.131. The molecule has 0 spiro atoms. The number of hydrogen-bond donors (Lipinski definition) is 1. The average Bonchev–Trinajstić information content (AvgIpc) is 2.68. The molecule has 0 aliphatic carbocycles. The molecule has 1 N–H and O–H groups in total. The van der Waals surface area contributed by atoms with Crippen LogP contribution >= 0.6 is 11.8 Å². The normalized spacial score (nSPS) is 23.2. The average molecular weight is 381 g/mol. The van der Waals surface area contributed by atoms with Crippen molar-refractivity contribution in [2.45, 2.75) is 49.3 Å². The van der Waals surface area contributed by atoms with Gasteiger partial charge in [0.2, 0.25) is 0 Å². The Bertz CT molecular complexity index is 591. The second-order valence-electron chi connectivity index (χ2n) is 7.32. The van der Waals surface area contributed by atoms with Gasteiger partial charge in [-0.1, -0.05) is 0 Å². The smallest absolute Gasteiger partial charge is 0.132 e. The van der Waals surface area contributed by atoms with Gasteiger partial charge >= 0.3 is 0 Å². The van der Waals surface area contributed by atoms with Gasteiger partial charge < -0.3 is 14.6 Å². The maximum Gasteiger partial charge on any atom is 0.132 e. The van der Waals surface area contributed by atoms with Crippen molar-refractivity contribution >= 4 is 11.8 Å². The summed E-state index contributed by atoms with van der Waals surface area (Å²) in [6, 6.07) is 4.83. The molecule has 2 fully saturated rings. The molecule has 26 heavy (non-hydrogen) atoms. The van der Waals surface area contributed by atoms with Gasteiger partial charge in [0, 0.05) is 24.7 Å². The van der Waals surface area contributed by atoms with Crippen LogP contribution in [0.15, 0.2) is 17.0 Å². The molecule has 1 atom stereocenters. The number of aliphatic hydroxyl groups excluding tert-OH is 1. The van der Waals surface area contributed by atoms with Crippen LogP contribution in [0.4, 0.5) is 0 Å². The standard InChI is InChI=1S/C20H32N2O3S/c1-24-18-12-20(26-3)19(25-2)11-15(18)13-21-9-6-16(7-10-21)22-8-4-5-17(23)14-22/h11-12,16-17,23H,4-10,13-14H2,1-3H3/t17-/m0/s1. The Kier molecular flexibility index (Phi) is 7.09. The van der Waals surface area contributed by atoms with E-state index in [1.54, 1.807) is 26.0 Å². The van der Waals surface area contributed by atoms with Gasteiger partial charge in [0.25, 0.3) is 0 Å². The number of likely N-dealkylation sites (tertiary alicyclic amines) is 2. The number of nitrogens with zero attached hydrogens (tertiary/aromatic N) is 2. The lowest BCUT2D eigenvalue weighted by Crippen LogP contribution is -2.49. The van der Waals surface area contributed by atoms with Crippen LogP contribution in [0.1, 0.15) is 31.2 Å². The maximum atomic E-state index is 9.93. The minimum atomic E-state index is -0.131. The minimum Gasteiger partial charge on any atom is -0.496 e. The Balaban J connectivity index is 1.60. The molecule has 0 aromatic heterocycles. The molecule has 0 unspecified atom stereocenters. The lowest BCUT2D eigenvalue weighted by molar-refractivity contribution is 0.0242. The van der Waals surface area contributed by atoms with Crippen molar-refractivity contribution in [1.29, 1.82) is 0 Å². The van der Waals surface area contributed by atoms with Crippen LogP contribution in [0.2, 0.25) is 0 Å². The molecule has 146 valence electrons. The molecule has 2 heterocycles. The molecule has 1 aromatic carbocycles. The van der Waals surface area contributed by atoms with Crippen LogP contribution in [0.5, 0.6) is 11.5 Å². The quantitative estimate of drug-likeness (QED) is 0.766. The predicted octanol–water partition coefficient (Wildman–Crippen LogP) is 2.85. The van der Waals surface area contributed by atoms with Gasteiger partial charge in [-0.05, 0) is 63.7 Å². The Morgan fingerprint density at radius 2 is 1.81 bits per heavy atom. The van der Waals surface area contributed by atoms with Gasteiger partial charge in [-0.2, -0.15) is 0 Å². The van der Waals surface area contributed by atoms with Gasteiger partial charge in [-0.3, -0.25) is 9.80 Å². The molecule has 2 aliphatic rings. The molecule has 2 aliphatic heterocycles. The highest BCUT2D eigenvalue weighted by Crippen LogP contribution is 2.35. The van der Waals surface area contributed by atoms with Crippen LogP contribution in [-0.2, 0) is 6.54 Å². The van der Waals surface area contributed by atoms with E-state index in [0.29, 0.717) is 6.04 Å². The van der Waals surface area contributed by atoms with Gasteiger partial charge in [0.05, 0.1) is 25.2 Å². The number of ether oxygens (including phenoxy) is 2. The van der Waals surface area contributed by atoms with E-state index < -0.39 is 0 Å². The molecule has 1 aromatic rings. The van der Waals surface area contributed by atoms with Crippen molar-refractivity contribution in [3.05, 3.63) is 17.7 Å². The fourth-order valence-electron chi connectivity index (χ4n) is 4.21. The van der Waals surface area contributed by atoms with Gasteiger partial charge in [0.1, 0.15) is 11.5 Å². The Morgan fingerprint density at radius 1 is 1.08 bits per heavy atom. The maximum absolute atomic E-state index is 9.93. The number of aliphatic hydroxyl groups is 1. The topological polar surface area (TPSA) is 45.2 Å². The van der Waals surface area contributed by atoms with E-state index >= 15 is 0 Å². The summed E-state index contributed by atoms with van der Waals surface area (Å²) in [5.41, 5.74) is 1.19. The molecule has 5 nitrogen and oxygen atoms in total. The zero-order chi connectivity index (χ0) is 18.5. The van der Waals surface area contributed by atoms with Crippen molar-refractivity contribution in [3.63, 3.8) is 0 Å². The van der Waals surface area contributed by atoms with Crippen molar-refractivity contribution in [3.8, 4) is 11.5 Å². The van der Waals surface area contributed by atoms with Crippen LogP contribution in [-0.4, -0.2) is 73.7 Å². The second kappa shape index (κ2) is 9.31. The monoisotopic (exact) mass is 380 g/mol. The SMILES string of the molecule is COc1cc(SC)c(OC)cc1CN1CCC(N2CCC[C@H](O)C2)CC1.